The van der Waals surface area contributed by atoms with Crippen LogP contribution < -0.4 is 10.1 Å². The van der Waals surface area contributed by atoms with Crippen molar-refractivity contribution in [2.24, 2.45) is 0 Å². The zero-order valence-corrected chi connectivity index (χ0v) is 14.0. The van der Waals surface area contributed by atoms with Crippen molar-refractivity contribution in [1.29, 1.82) is 0 Å². The highest BCUT2D eigenvalue weighted by Gasteiger charge is 2.12. The quantitative estimate of drug-likeness (QED) is 0.665. The molecule has 2 heterocycles. The number of oxazole rings is 1. The van der Waals surface area contributed by atoms with Crippen LogP contribution in [0.4, 0.5) is 0 Å². The molecule has 0 aliphatic heterocycles. The molecule has 0 aliphatic rings. The van der Waals surface area contributed by atoms with Crippen molar-refractivity contribution in [1.82, 2.24) is 15.3 Å². The Balaban J connectivity index is 1.64. The second-order valence-corrected chi connectivity index (χ2v) is 5.98. The number of aromatic nitrogens is 2. The molecule has 1 amide bonds. The van der Waals surface area contributed by atoms with Crippen molar-refractivity contribution >= 4 is 28.6 Å². The maximum atomic E-state index is 11.9. The van der Waals surface area contributed by atoms with Crippen LogP contribution in [0, 0.1) is 0 Å². The molecule has 0 spiro atoms. The number of rotatable bonds is 7. The fourth-order valence-corrected chi connectivity index (χ4v) is 2.48. The molecule has 0 bridgehead atoms. The number of fused-ring (bicyclic) bond motifs is 1. The molecule has 0 unspecified atom stereocenters. The summed E-state index contributed by atoms with van der Waals surface area (Å²) in [5.74, 6) is 1.61. The fourth-order valence-electron chi connectivity index (χ4n) is 2.17. The molecule has 2 aromatic heterocycles. The van der Waals surface area contributed by atoms with E-state index in [1.165, 1.54) is 6.26 Å². The van der Waals surface area contributed by atoms with Crippen molar-refractivity contribution in [2.75, 3.05) is 18.6 Å². The van der Waals surface area contributed by atoms with E-state index in [4.69, 9.17) is 9.15 Å². The van der Waals surface area contributed by atoms with Gasteiger partial charge in [-0.25, -0.2) is 4.98 Å². The minimum Gasteiger partial charge on any atom is -0.482 e. The maximum absolute atomic E-state index is 11.9. The molecule has 1 N–H and O–H groups in total. The van der Waals surface area contributed by atoms with Crippen LogP contribution in [0.15, 0.2) is 47.2 Å². The summed E-state index contributed by atoms with van der Waals surface area (Å²) in [5, 5.41) is 3.77. The van der Waals surface area contributed by atoms with Crippen LogP contribution in [-0.4, -0.2) is 34.4 Å². The van der Waals surface area contributed by atoms with Gasteiger partial charge in [-0.1, -0.05) is 18.2 Å². The Kier molecular flexibility index (Phi) is 5.32. The molecule has 0 saturated carbocycles. The monoisotopic (exact) mass is 343 g/mol. The number of nitrogens with zero attached hydrogens (tertiary/aromatic N) is 2. The van der Waals surface area contributed by atoms with Crippen LogP contribution in [0.1, 0.15) is 16.4 Å². The van der Waals surface area contributed by atoms with Gasteiger partial charge in [0.25, 0.3) is 5.91 Å². The van der Waals surface area contributed by atoms with Gasteiger partial charge in [0.05, 0.1) is 0 Å². The Labute approximate surface area is 143 Å². The molecule has 6 nitrogen and oxygen atoms in total. The van der Waals surface area contributed by atoms with E-state index < -0.39 is 0 Å². The number of hydrogen-bond donors (Lipinski definition) is 1. The molecule has 0 radical (unpaired) electrons. The molecular weight excluding hydrogens is 326 g/mol. The van der Waals surface area contributed by atoms with Gasteiger partial charge in [0.2, 0.25) is 5.89 Å². The topological polar surface area (TPSA) is 77.2 Å². The van der Waals surface area contributed by atoms with Gasteiger partial charge in [0.15, 0.2) is 12.3 Å². The van der Waals surface area contributed by atoms with Crippen molar-refractivity contribution in [2.45, 2.75) is 6.61 Å². The van der Waals surface area contributed by atoms with Gasteiger partial charge < -0.3 is 14.5 Å². The second kappa shape index (κ2) is 7.83. The highest BCUT2D eigenvalue weighted by atomic mass is 32.2. The van der Waals surface area contributed by atoms with Crippen molar-refractivity contribution in [3.63, 3.8) is 0 Å². The first-order valence-electron chi connectivity index (χ1n) is 7.46. The van der Waals surface area contributed by atoms with Crippen LogP contribution in [0.2, 0.25) is 0 Å². The van der Waals surface area contributed by atoms with Crippen molar-refractivity contribution < 1.29 is 13.9 Å². The molecule has 0 atom stereocenters. The highest BCUT2D eigenvalue weighted by Crippen LogP contribution is 2.23. The molecule has 24 heavy (non-hydrogen) atoms. The zero-order valence-electron chi connectivity index (χ0n) is 13.2. The summed E-state index contributed by atoms with van der Waals surface area (Å²) in [4.78, 5) is 20.4. The maximum Gasteiger partial charge on any atom is 0.273 e. The van der Waals surface area contributed by atoms with Gasteiger partial charge in [0, 0.05) is 23.9 Å². The summed E-state index contributed by atoms with van der Waals surface area (Å²) in [7, 11) is 0. The van der Waals surface area contributed by atoms with Crippen LogP contribution in [0.25, 0.3) is 10.9 Å². The minimum absolute atomic E-state index is 0.133. The first kappa shape index (κ1) is 16.3. The van der Waals surface area contributed by atoms with Gasteiger partial charge in [-0.15, -0.1) is 0 Å². The molecule has 1 aromatic carbocycles. The lowest BCUT2D eigenvalue weighted by Gasteiger charge is -2.06. The minimum atomic E-state index is -0.245. The summed E-state index contributed by atoms with van der Waals surface area (Å²) in [5.41, 5.74) is 1.03. The molecule has 124 valence electrons. The SMILES string of the molecule is CSCCNC(=O)c1coc(COc2cccc3cccnc23)n1. The summed E-state index contributed by atoms with van der Waals surface area (Å²) < 4.78 is 11.0. The Morgan fingerprint density at radius 1 is 1.33 bits per heavy atom. The lowest BCUT2D eigenvalue weighted by molar-refractivity contribution is 0.0951. The standard InChI is InChI=1S/C17H17N3O3S/c1-24-9-8-19-17(21)13-10-23-15(20-13)11-22-14-6-2-4-12-5-3-7-18-16(12)14/h2-7,10H,8-9,11H2,1H3,(H,19,21). The Morgan fingerprint density at radius 2 is 2.21 bits per heavy atom. The number of thioether (sulfide) groups is 1. The van der Waals surface area contributed by atoms with Gasteiger partial charge in [-0.05, 0) is 18.4 Å². The van der Waals surface area contributed by atoms with Crippen LogP contribution in [0.5, 0.6) is 5.75 Å². The number of nitrogens with one attached hydrogen (secondary N) is 1. The van der Waals surface area contributed by atoms with Gasteiger partial charge >= 0.3 is 0 Å². The smallest absolute Gasteiger partial charge is 0.273 e. The van der Waals surface area contributed by atoms with Crippen molar-refractivity contribution in [3.05, 3.63) is 54.4 Å². The first-order valence-corrected chi connectivity index (χ1v) is 8.85. The van der Waals surface area contributed by atoms with Crippen LogP contribution >= 0.6 is 11.8 Å². The molecule has 3 aromatic rings. The zero-order chi connectivity index (χ0) is 16.8. The van der Waals surface area contributed by atoms with Crippen molar-refractivity contribution in [3.8, 4) is 5.75 Å². The summed E-state index contributed by atoms with van der Waals surface area (Å²) in [6.07, 6.45) is 5.05. The van der Waals surface area contributed by atoms with E-state index in [-0.39, 0.29) is 18.2 Å². The fraction of sp³-hybridized carbons (Fsp3) is 0.235. The van der Waals surface area contributed by atoms with Gasteiger partial charge in [0.1, 0.15) is 17.5 Å². The van der Waals surface area contributed by atoms with E-state index in [1.54, 1.807) is 18.0 Å². The first-order chi connectivity index (χ1) is 11.8. The summed E-state index contributed by atoms with van der Waals surface area (Å²) >= 11 is 1.67. The second-order valence-electron chi connectivity index (χ2n) is 5.00. The van der Waals surface area contributed by atoms with E-state index in [9.17, 15) is 4.79 Å². The lowest BCUT2D eigenvalue weighted by Crippen LogP contribution is -2.26. The highest BCUT2D eigenvalue weighted by molar-refractivity contribution is 7.98. The summed E-state index contributed by atoms with van der Waals surface area (Å²) in [6, 6.07) is 9.56. The molecular formula is C17H17N3O3S. The third-order valence-electron chi connectivity index (χ3n) is 3.32. The molecule has 0 aliphatic carbocycles. The predicted octanol–water partition coefficient (Wildman–Crippen LogP) is 2.89. The largest absolute Gasteiger partial charge is 0.482 e. The predicted molar refractivity (Wildman–Crippen MR) is 93.3 cm³/mol. The van der Waals surface area contributed by atoms with Crippen LogP contribution in [0.3, 0.4) is 0 Å². The number of hydrogen-bond acceptors (Lipinski definition) is 6. The lowest BCUT2D eigenvalue weighted by atomic mass is 10.2. The molecule has 7 heteroatoms. The number of benzene rings is 1. The van der Waals surface area contributed by atoms with E-state index >= 15 is 0 Å². The number of carbonyl (C=O) groups excluding carboxylic acids is 1. The third kappa shape index (κ3) is 3.86. The molecule has 0 saturated heterocycles. The number of ether oxygens (including phenoxy) is 1. The number of pyridine rings is 1. The number of carbonyl (C=O) groups is 1. The molecule has 0 fully saturated rings. The van der Waals surface area contributed by atoms with Crippen LogP contribution in [-0.2, 0) is 6.61 Å². The van der Waals surface area contributed by atoms with E-state index in [0.29, 0.717) is 18.2 Å². The Morgan fingerprint density at radius 3 is 3.08 bits per heavy atom. The number of para-hydroxylation sites is 1. The molecule has 3 rings (SSSR count). The average Bonchev–Trinajstić information content (AvgIpc) is 3.09. The van der Waals surface area contributed by atoms with Gasteiger partial charge in [-0.2, -0.15) is 11.8 Å². The third-order valence-corrected chi connectivity index (χ3v) is 3.94. The van der Waals surface area contributed by atoms with E-state index in [2.05, 4.69) is 15.3 Å². The van der Waals surface area contributed by atoms with E-state index in [1.807, 2.05) is 36.6 Å². The normalized spacial score (nSPS) is 10.7. The average molecular weight is 343 g/mol. The Bertz CT molecular complexity index is 829. The number of amides is 1. The van der Waals surface area contributed by atoms with E-state index in [0.717, 1.165) is 16.7 Å². The Hall–Kier alpha value is -2.54. The summed E-state index contributed by atoms with van der Waals surface area (Å²) in [6.45, 7) is 0.730. The van der Waals surface area contributed by atoms with Gasteiger partial charge in [-0.3, -0.25) is 9.78 Å².